The van der Waals surface area contributed by atoms with E-state index < -0.39 is 6.10 Å². The van der Waals surface area contributed by atoms with E-state index in [1.54, 1.807) is 18.3 Å². The van der Waals surface area contributed by atoms with E-state index in [9.17, 15) is 9.90 Å². The molecule has 18 heavy (non-hydrogen) atoms. The van der Waals surface area contributed by atoms with Crippen LogP contribution in [0.5, 0.6) is 0 Å². The number of amides is 2. The number of aliphatic hydroxyl groups is 1. The van der Waals surface area contributed by atoms with Crippen LogP contribution in [0.1, 0.15) is 26.5 Å². The summed E-state index contributed by atoms with van der Waals surface area (Å²) in [6, 6.07) is 3.16. The Balaban J connectivity index is 2.43. The van der Waals surface area contributed by atoms with E-state index in [4.69, 9.17) is 0 Å². The molecule has 1 heterocycles. The fraction of sp³-hybridized carbons (Fsp3) is 0.538. The van der Waals surface area contributed by atoms with E-state index >= 15 is 0 Å². The van der Waals surface area contributed by atoms with Gasteiger partial charge in [0.15, 0.2) is 0 Å². The number of nitrogens with zero attached hydrogens (tertiary/aromatic N) is 1. The predicted octanol–water partition coefficient (Wildman–Crippen LogP) is 1.92. The van der Waals surface area contributed by atoms with Gasteiger partial charge in [-0.3, -0.25) is 4.98 Å². The number of rotatable bonds is 3. The minimum Gasteiger partial charge on any atom is -0.391 e. The van der Waals surface area contributed by atoms with Crippen molar-refractivity contribution in [2.75, 3.05) is 11.9 Å². The number of urea groups is 1. The van der Waals surface area contributed by atoms with Gasteiger partial charge in [0.2, 0.25) is 0 Å². The minimum atomic E-state index is -0.581. The van der Waals surface area contributed by atoms with Crippen molar-refractivity contribution in [3.05, 3.63) is 24.0 Å². The molecular formula is C13H21N3O2. The SMILES string of the molecule is Cc1cc(NC(=O)NCC(O)C(C)(C)C)ccn1. The van der Waals surface area contributed by atoms with Gasteiger partial charge in [0.1, 0.15) is 0 Å². The number of aromatic nitrogens is 1. The van der Waals surface area contributed by atoms with Crippen LogP contribution in [0.2, 0.25) is 0 Å². The first-order valence-corrected chi connectivity index (χ1v) is 5.94. The summed E-state index contributed by atoms with van der Waals surface area (Å²) in [6.07, 6.45) is 1.05. The quantitative estimate of drug-likeness (QED) is 0.768. The molecular weight excluding hydrogens is 230 g/mol. The van der Waals surface area contributed by atoms with Crippen LogP contribution >= 0.6 is 0 Å². The highest BCUT2D eigenvalue weighted by Crippen LogP contribution is 2.18. The molecule has 1 atom stereocenters. The topological polar surface area (TPSA) is 74.2 Å². The first kappa shape index (κ1) is 14.4. The highest BCUT2D eigenvalue weighted by Gasteiger charge is 2.22. The zero-order chi connectivity index (χ0) is 13.8. The maximum absolute atomic E-state index is 11.6. The van der Waals surface area contributed by atoms with Crippen LogP contribution in [0.4, 0.5) is 10.5 Å². The third-order valence-corrected chi connectivity index (χ3v) is 2.61. The van der Waals surface area contributed by atoms with E-state index in [-0.39, 0.29) is 18.0 Å². The maximum Gasteiger partial charge on any atom is 0.319 e. The third kappa shape index (κ3) is 4.71. The molecule has 0 spiro atoms. The lowest BCUT2D eigenvalue weighted by atomic mass is 9.89. The van der Waals surface area contributed by atoms with E-state index in [1.807, 2.05) is 27.7 Å². The normalized spacial score (nSPS) is 12.9. The summed E-state index contributed by atoms with van der Waals surface area (Å²) in [7, 11) is 0. The van der Waals surface area contributed by atoms with Gasteiger partial charge in [-0.15, -0.1) is 0 Å². The summed E-state index contributed by atoms with van der Waals surface area (Å²) < 4.78 is 0. The Kier molecular flexibility index (Phi) is 4.67. The molecule has 0 aromatic carbocycles. The van der Waals surface area contributed by atoms with Crippen molar-refractivity contribution in [1.82, 2.24) is 10.3 Å². The van der Waals surface area contributed by atoms with Crippen molar-refractivity contribution in [1.29, 1.82) is 0 Å². The average molecular weight is 251 g/mol. The van der Waals surface area contributed by atoms with Gasteiger partial charge >= 0.3 is 6.03 Å². The Bertz CT molecular complexity index is 413. The molecule has 5 nitrogen and oxygen atoms in total. The van der Waals surface area contributed by atoms with Crippen LogP contribution in [0.3, 0.4) is 0 Å². The van der Waals surface area contributed by atoms with E-state index in [0.717, 1.165) is 5.69 Å². The third-order valence-electron chi connectivity index (χ3n) is 2.61. The molecule has 100 valence electrons. The highest BCUT2D eigenvalue weighted by molar-refractivity contribution is 5.89. The monoisotopic (exact) mass is 251 g/mol. The van der Waals surface area contributed by atoms with Crippen molar-refractivity contribution >= 4 is 11.7 Å². The molecule has 0 radical (unpaired) electrons. The van der Waals surface area contributed by atoms with Crippen molar-refractivity contribution < 1.29 is 9.90 Å². The number of hydrogen-bond donors (Lipinski definition) is 3. The van der Waals surface area contributed by atoms with E-state index in [1.165, 1.54) is 0 Å². The summed E-state index contributed by atoms with van der Waals surface area (Å²) in [5.41, 5.74) is 1.27. The molecule has 1 aromatic rings. The lowest BCUT2D eigenvalue weighted by Crippen LogP contribution is -2.40. The second-order valence-electron chi connectivity index (χ2n) is 5.40. The molecule has 2 amide bonds. The number of nitrogens with one attached hydrogen (secondary N) is 2. The molecule has 0 aliphatic rings. The van der Waals surface area contributed by atoms with Crippen LogP contribution in [-0.2, 0) is 0 Å². The largest absolute Gasteiger partial charge is 0.391 e. The zero-order valence-electron chi connectivity index (χ0n) is 11.3. The lowest BCUT2D eigenvalue weighted by Gasteiger charge is -2.25. The minimum absolute atomic E-state index is 0.222. The van der Waals surface area contributed by atoms with E-state index in [0.29, 0.717) is 5.69 Å². The van der Waals surface area contributed by atoms with Crippen LogP contribution in [-0.4, -0.2) is 28.8 Å². The molecule has 0 aliphatic heterocycles. The lowest BCUT2D eigenvalue weighted by molar-refractivity contribution is 0.0654. The summed E-state index contributed by atoms with van der Waals surface area (Å²) in [5, 5.41) is 15.1. The molecule has 0 aliphatic carbocycles. The number of aryl methyl sites for hydroxylation is 1. The van der Waals surface area contributed by atoms with Crippen molar-refractivity contribution in [2.24, 2.45) is 5.41 Å². The molecule has 0 bridgehead atoms. The van der Waals surface area contributed by atoms with Gasteiger partial charge in [-0.25, -0.2) is 4.79 Å². The van der Waals surface area contributed by atoms with Crippen molar-refractivity contribution in [2.45, 2.75) is 33.8 Å². The number of pyridine rings is 1. The van der Waals surface area contributed by atoms with Gasteiger partial charge in [0.25, 0.3) is 0 Å². The van der Waals surface area contributed by atoms with Crippen molar-refractivity contribution in [3.8, 4) is 0 Å². The smallest absolute Gasteiger partial charge is 0.319 e. The summed E-state index contributed by atoms with van der Waals surface area (Å²) in [4.78, 5) is 15.6. The zero-order valence-corrected chi connectivity index (χ0v) is 11.3. The van der Waals surface area contributed by atoms with Crippen LogP contribution < -0.4 is 10.6 Å². The number of anilines is 1. The van der Waals surface area contributed by atoms with Crippen molar-refractivity contribution in [3.63, 3.8) is 0 Å². The highest BCUT2D eigenvalue weighted by atomic mass is 16.3. The Morgan fingerprint density at radius 3 is 2.72 bits per heavy atom. The van der Waals surface area contributed by atoms with Gasteiger partial charge in [-0.1, -0.05) is 20.8 Å². The van der Waals surface area contributed by atoms with Crippen LogP contribution in [0, 0.1) is 12.3 Å². The first-order chi connectivity index (χ1) is 8.29. The summed E-state index contributed by atoms with van der Waals surface area (Å²) in [5.74, 6) is 0. The second-order valence-corrected chi connectivity index (χ2v) is 5.40. The van der Waals surface area contributed by atoms with Gasteiger partial charge in [0, 0.05) is 24.1 Å². The molecule has 0 saturated carbocycles. The van der Waals surface area contributed by atoms with Gasteiger partial charge in [-0.2, -0.15) is 0 Å². The number of carbonyl (C=O) groups excluding carboxylic acids is 1. The summed E-state index contributed by atoms with van der Waals surface area (Å²) in [6.45, 7) is 7.84. The molecule has 0 fully saturated rings. The second kappa shape index (κ2) is 5.82. The van der Waals surface area contributed by atoms with E-state index in [2.05, 4.69) is 15.6 Å². The first-order valence-electron chi connectivity index (χ1n) is 5.94. The molecule has 3 N–H and O–H groups in total. The maximum atomic E-state index is 11.6. The fourth-order valence-electron chi connectivity index (χ4n) is 1.29. The number of hydrogen-bond acceptors (Lipinski definition) is 3. The predicted molar refractivity (Wildman–Crippen MR) is 71.5 cm³/mol. The molecule has 0 saturated heterocycles. The average Bonchev–Trinajstić information content (AvgIpc) is 2.24. The molecule has 1 rings (SSSR count). The Morgan fingerprint density at radius 1 is 1.50 bits per heavy atom. The Morgan fingerprint density at radius 2 is 2.17 bits per heavy atom. The summed E-state index contributed by atoms with van der Waals surface area (Å²) >= 11 is 0. The van der Waals surface area contributed by atoms with Gasteiger partial charge in [-0.05, 0) is 24.5 Å². The standard InChI is InChI=1S/C13H21N3O2/c1-9-7-10(5-6-14-9)16-12(18)15-8-11(17)13(2,3)4/h5-7,11,17H,8H2,1-4H3,(H2,14,15,16,18). The molecule has 5 heteroatoms. The fourth-order valence-corrected chi connectivity index (χ4v) is 1.29. The van der Waals surface area contributed by atoms with Gasteiger partial charge in [0.05, 0.1) is 6.10 Å². The Hall–Kier alpha value is -1.62. The van der Waals surface area contributed by atoms with Crippen LogP contribution in [0.15, 0.2) is 18.3 Å². The number of aliphatic hydroxyl groups excluding tert-OH is 1. The van der Waals surface area contributed by atoms with Crippen LogP contribution in [0.25, 0.3) is 0 Å². The molecule has 1 unspecified atom stereocenters. The van der Waals surface area contributed by atoms with Gasteiger partial charge < -0.3 is 15.7 Å². The molecule has 1 aromatic heterocycles. The number of carbonyl (C=O) groups is 1. The Labute approximate surface area is 108 Å².